The average molecular weight is 537 g/mol. The molecule has 2 amide bonds. The molecule has 0 saturated carbocycles. The van der Waals surface area contributed by atoms with Crippen LogP contribution in [0.15, 0.2) is 77.3 Å². The number of halogens is 1. The van der Waals surface area contributed by atoms with Gasteiger partial charge in [0, 0.05) is 20.0 Å². The van der Waals surface area contributed by atoms with Crippen LogP contribution in [0.1, 0.15) is 42.0 Å². The van der Waals surface area contributed by atoms with Crippen LogP contribution in [0.25, 0.3) is 0 Å². The van der Waals surface area contributed by atoms with Crippen molar-refractivity contribution < 1.29 is 14.3 Å². The average Bonchev–Trinajstić information content (AvgIpc) is 2.86. The van der Waals surface area contributed by atoms with Crippen LogP contribution >= 0.6 is 15.9 Å². The molecule has 35 heavy (non-hydrogen) atoms. The smallest absolute Gasteiger partial charge is 0.261 e. The summed E-state index contributed by atoms with van der Waals surface area (Å²) < 4.78 is 6.71. The summed E-state index contributed by atoms with van der Waals surface area (Å²) in [6.45, 7) is 6.40. The number of aryl methyl sites for hydroxylation is 1. The minimum Gasteiger partial charge on any atom is -0.483 e. The van der Waals surface area contributed by atoms with Gasteiger partial charge in [0.05, 0.1) is 4.47 Å². The molecule has 1 unspecified atom stereocenters. The molecule has 0 bridgehead atoms. The molecule has 3 rings (SSSR count). The first-order valence-corrected chi connectivity index (χ1v) is 12.6. The molecule has 3 aromatic rings. The number of carbonyl (C=O) groups is 2. The normalized spacial score (nSPS) is 11.7. The van der Waals surface area contributed by atoms with Gasteiger partial charge in [0.2, 0.25) is 5.91 Å². The van der Waals surface area contributed by atoms with Crippen molar-refractivity contribution in [1.29, 1.82) is 0 Å². The van der Waals surface area contributed by atoms with Gasteiger partial charge in [-0.3, -0.25) is 9.59 Å². The third-order valence-electron chi connectivity index (χ3n) is 5.96. The molecule has 0 aliphatic carbocycles. The molecular formula is C29H33BrN2O3. The molecule has 0 spiro atoms. The molecule has 184 valence electrons. The van der Waals surface area contributed by atoms with Crippen molar-refractivity contribution in [2.24, 2.45) is 0 Å². The van der Waals surface area contributed by atoms with Crippen LogP contribution in [0.3, 0.4) is 0 Å². The Bertz CT molecular complexity index is 1130. The van der Waals surface area contributed by atoms with Crippen molar-refractivity contribution in [3.8, 4) is 5.75 Å². The lowest BCUT2D eigenvalue weighted by molar-refractivity contribution is -0.142. The highest BCUT2D eigenvalue weighted by Crippen LogP contribution is 2.29. The molecule has 1 N–H and O–H groups in total. The Morgan fingerprint density at radius 2 is 1.66 bits per heavy atom. The summed E-state index contributed by atoms with van der Waals surface area (Å²) in [5, 5.41) is 2.73. The topological polar surface area (TPSA) is 58.6 Å². The summed E-state index contributed by atoms with van der Waals surface area (Å²) in [4.78, 5) is 28.1. The number of rotatable bonds is 10. The lowest BCUT2D eigenvalue weighted by Crippen LogP contribution is -2.51. The molecule has 0 fully saturated rings. The molecule has 0 radical (unpaired) electrons. The minimum absolute atomic E-state index is 0.173. The highest BCUT2D eigenvalue weighted by Gasteiger charge is 2.30. The third kappa shape index (κ3) is 7.43. The van der Waals surface area contributed by atoms with Crippen molar-refractivity contribution in [3.05, 3.63) is 99.5 Å². The van der Waals surface area contributed by atoms with Crippen molar-refractivity contribution in [3.63, 3.8) is 0 Å². The monoisotopic (exact) mass is 536 g/mol. The summed E-state index contributed by atoms with van der Waals surface area (Å²) in [5.41, 5.74) is 4.25. The zero-order chi connectivity index (χ0) is 25.4. The number of carbonyl (C=O) groups excluding carboxylic acids is 2. The van der Waals surface area contributed by atoms with Gasteiger partial charge in [-0.25, -0.2) is 0 Å². The highest BCUT2D eigenvalue weighted by molar-refractivity contribution is 9.10. The van der Waals surface area contributed by atoms with E-state index in [4.69, 9.17) is 4.74 Å². The zero-order valence-electron chi connectivity index (χ0n) is 20.8. The van der Waals surface area contributed by atoms with E-state index in [1.54, 1.807) is 11.9 Å². The fourth-order valence-corrected chi connectivity index (χ4v) is 4.34. The summed E-state index contributed by atoms with van der Waals surface area (Å²) in [6, 6.07) is 22.9. The summed E-state index contributed by atoms with van der Waals surface area (Å²) in [5.74, 6) is 0.516. The summed E-state index contributed by atoms with van der Waals surface area (Å²) >= 11 is 3.56. The van der Waals surface area contributed by atoms with Gasteiger partial charge < -0.3 is 15.0 Å². The van der Waals surface area contributed by atoms with E-state index in [1.165, 1.54) is 5.56 Å². The van der Waals surface area contributed by atoms with E-state index >= 15 is 0 Å². The molecule has 3 aromatic carbocycles. The van der Waals surface area contributed by atoms with E-state index in [9.17, 15) is 9.59 Å². The fourth-order valence-electron chi connectivity index (χ4n) is 3.83. The van der Waals surface area contributed by atoms with Crippen LogP contribution < -0.4 is 10.1 Å². The van der Waals surface area contributed by atoms with E-state index in [-0.39, 0.29) is 18.4 Å². The van der Waals surface area contributed by atoms with Gasteiger partial charge in [-0.2, -0.15) is 0 Å². The number of hydrogen-bond donors (Lipinski definition) is 1. The van der Waals surface area contributed by atoms with E-state index in [1.807, 2.05) is 79.7 Å². The van der Waals surface area contributed by atoms with Gasteiger partial charge in [0.1, 0.15) is 11.8 Å². The van der Waals surface area contributed by atoms with Gasteiger partial charge in [0.15, 0.2) is 6.61 Å². The third-order valence-corrected chi connectivity index (χ3v) is 6.58. The molecular weight excluding hydrogens is 504 g/mol. The van der Waals surface area contributed by atoms with Gasteiger partial charge in [-0.15, -0.1) is 0 Å². The molecule has 0 saturated heterocycles. The first kappa shape index (κ1) is 26.5. The van der Waals surface area contributed by atoms with E-state index in [2.05, 4.69) is 35.1 Å². The number of amides is 2. The number of hydrogen-bond acceptors (Lipinski definition) is 3. The first-order valence-electron chi connectivity index (χ1n) is 11.8. The molecule has 0 aromatic heterocycles. The minimum atomic E-state index is -0.674. The van der Waals surface area contributed by atoms with Crippen LogP contribution in [0.2, 0.25) is 0 Å². The Balaban J connectivity index is 1.86. The van der Waals surface area contributed by atoms with Crippen LogP contribution in [0.4, 0.5) is 0 Å². The Morgan fingerprint density at radius 1 is 0.971 bits per heavy atom. The second-order valence-electron chi connectivity index (χ2n) is 8.96. The van der Waals surface area contributed by atoms with Crippen molar-refractivity contribution in [2.45, 2.75) is 45.7 Å². The number of ether oxygens (including phenoxy) is 1. The molecule has 1 atom stereocenters. The molecule has 0 aliphatic heterocycles. The summed E-state index contributed by atoms with van der Waals surface area (Å²) in [7, 11) is 1.60. The van der Waals surface area contributed by atoms with Crippen LogP contribution in [-0.4, -0.2) is 36.4 Å². The lowest BCUT2D eigenvalue weighted by atomic mass is 10.0. The van der Waals surface area contributed by atoms with Crippen molar-refractivity contribution >= 4 is 27.7 Å². The molecule has 6 heteroatoms. The quantitative estimate of drug-likeness (QED) is 0.364. The molecule has 0 aliphatic rings. The van der Waals surface area contributed by atoms with Crippen LogP contribution in [-0.2, 0) is 22.6 Å². The van der Waals surface area contributed by atoms with E-state index in [0.717, 1.165) is 21.2 Å². The maximum Gasteiger partial charge on any atom is 0.261 e. The highest BCUT2D eigenvalue weighted by atomic mass is 79.9. The van der Waals surface area contributed by atoms with Gasteiger partial charge in [-0.05, 0) is 57.6 Å². The number of nitrogens with zero attached hydrogens (tertiary/aromatic N) is 1. The standard InChI is InChI=1S/C29H33BrN2O3/c1-20(2)24-14-15-27(25(30)17-24)35-19-28(33)32(18-23-12-10-21(3)11-13-23)26(29(34)31-4)16-22-8-6-5-7-9-22/h5-15,17,20,26H,16,18-19H2,1-4H3,(H,31,34). The fraction of sp³-hybridized carbons (Fsp3) is 0.310. The summed E-state index contributed by atoms with van der Waals surface area (Å²) in [6.07, 6.45) is 0.408. The van der Waals surface area contributed by atoms with Gasteiger partial charge in [-0.1, -0.05) is 80.1 Å². The van der Waals surface area contributed by atoms with Crippen LogP contribution in [0, 0.1) is 6.92 Å². The predicted molar refractivity (Wildman–Crippen MR) is 143 cm³/mol. The second kappa shape index (κ2) is 12.5. The molecule has 0 heterocycles. The number of likely N-dealkylation sites (N-methyl/N-ethyl adjacent to an activating group) is 1. The Labute approximate surface area is 216 Å². The predicted octanol–water partition coefficient (Wildman–Crippen LogP) is 5.65. The van der Waals surface area contributed by atoms with E-state index in [0.29, 0.717) is 24.6 Å². The number of benzene rings is 3. The Kier molecular flexibility index (Phi) is 9.49. The first-order chi connectivity index (χ1) is 16.8. The SMILES string of the molecule is CNC(=O)C(Cc1ccccc1)N(Cc1ccc(C)cc1)C(=O)COc1ccc(C(C)C)cc1Br. The second-order valence-corrected chi connectivity index (χ2v) is 9.81. The van der Waals surface area contributed by atoms with E-state index < -0.39 is 6.04 Å². The van der Waals surface area contributed by atoms with Crippen molar-refractivity contribution in [1.82, 2.24) is 10.2 Å². The maximum absolute atomic E-state index is 13.5. The van der Waals surface area contributed by atoms with Crippen LogP contribution in [0.5, 0.6) is 5.75 Å². The molecule has 5 nitrogen and oxygen atoms in total. The maximum atomic E-state index is 13.5. The van der Waals surface area contributed by atoms with Gasteiger partial charge in [0.25, 0.3) is 5.91 Å². The largest absolute Gasteiger partial charge is 0.483 e. The Morgan fingerprint density at radius 3 is 2.26 bits per heavy atom. The number of nitrogens with one attached hydrogen (secondary N) is 1. The lowest BCUT2D eigenvalue weighted by Gasteiger charge is -2.31. The Hall–Kier alpha value is -3.12. The van der Waals surface area contributed by atoms with Crippen molar-refractivity contribution in [2.75, 3.05) is 13.7 Å². The zero-order valence-corrected chi connectivity index (χ0v) is 22.3. The van der Waals surface area contributed by atoms with Gasteiger partial charge >= 0.3 is 0 Å².